The third kappa shape index (κ3) is 2.82. The molecule has 1 amide bonds. The predicted molar refractivity (Wildman–Crippen MR) is 101 cm³/mol. The predicted octanol–water partition coefficient (Wildman–Crippen LogP) is 2.88. The lowest BCUT2D eigenvalue weighted by molar-refractivity contribution is -0.0574. The number of aliphatic hydroxyl groups is 1. The average Bonchev–Trinajstić information content (AvgIpc) is 3.27. The van der Waals surface area contributed by atoms with Crippen molar-refractivity contribution < 1.29 is 14.6 Å². The van der Waals surface area contributed by atoms with Crippen molar-refractivity contribution in [3.8, 4) is 0 Å². The third-order valence-corrected chi connectivity index (χ3v) is 5.94. The summed E-state index contributed by atoms with van der Waals surface area (Å²) in [7, 11) is 0. The Hall–Kier alpha value is -2.93. The quantitative estimate of drug-likeness (QED) is 0.758. The molecule has 0 radical (unpaired) electrons. The van der Waals surface area contributed by atoms with E-state index in [-0.39, 0.29) is 24.8 Å². The molecule has 2 fully saturated rings. The lowest BCUT2D eigenvalue weighted by Gasteiger charge is -2.42. The number of amides is 1. The van der Waals surface area contributed by atoms with Crippen LogP contribution in [-0.2, 0) is 16.9 Å². The Bertz CT molecular complexity index is 989. The van der Waals surface area contributed by atoms with Gasteiger partial charge in [-0.2, -0.15) is 5.10 Å². The number of imidazole rings is 1. The molecule has 2 unspecified atom stereocenters. The maximum atomic E-state index is 12.7. The van der Waals surface area contributed by atoms with E-state index in [4.69, 9.17) is 4.74 Å². The molecule has 7 heteroatoms. The van der Waals surface area contributed by atoms with Crippen molar-refractivity contribution in [2.24, 2.45) is 0 Å². The number of fused-ring (bicyclic) bond motifs is 3. The van der Waals surface area contributed by atoms with Gasteiger partial charge in [0, 0.05) is 31.1 Å². The van der Waals surface area contributed by atoms with Gasteiger partial charge in [-0.25, -0.2) is 14.3 Å². The second kappa shape index (κ2) is 6.60. The molecule has 4 heterocycles. The summed E-state index contributed by atoms with van der Waals surface area (Å²) in [6.07, 6.45) is 5.77. The molecule has 2 aliphatic heterocycles. The Morgan fingerprint density at radius 2 is 1.89 bits per heavy atom. The SMILES string of the molecule is O=C(OCc1ccccc1)N1C2CCC1CC(O)(c1cnc3cccnn13)C2. The zero-order valence-corrected chi connectivity index (χ0v) is 15.4. The monoisotopic (exact) mass is 378 g/mol. The van der Waals surface area contributed by atoms with E-state index < -0.39 is 5.60 Å². The first-order valence-electron chi connectivity index (χ1n) is 9.65. The first-order valence-corrected chi connectivity index (χ1v) is 9.65. The van der Waals surface area contributed by atoms with Crippen LogP contribution in [0.3, 0.4) is 0 Å². The van der Waals surface area contributed by atoms with E-state index in [9.17, 15) is 9.90 Å². The van der Waals surface area contributed by atoms with Crippen LogP contribution in [0.1, 0.15) is 36.9 Å². The maximum absolute atomic E-state index is 12.7. The number of hydrogen-bond donors (Lipinski definition) is 1. The summed E-state index contributed by atoms with van der Waals surface area (Å²) in [6.45, 7) is 0.261. The molecule has 0 spiro atoms. The second-order valence-electron chi connectivity index (χ2n) is 7.71. The molecule has 2 atom stereocenters. The van der Waals surface area contributed by atoms with Crippen LogP contribution in [0.5, 0.6) is 0 Å². The van der Waals surface area contributed by atoms with Gasteiger partial charge < -0.3 is 14.7 Å². The largest absolute Gasteiger partial charge is 0.445 e. The summed E-state index contributed by atoms with van der Waals surface area (Å²) >= 11 is 0. The van der Waals surface area contributed by atoms with Gasteiger partial charge in [0.05, 0.1) is 11.9 Å². The lowest BCUT2D eigenvalue weighted by atomic mass is 9.84. The average molecular weight is 378 g/mol. The van der Waals surface area contributed by atoms with Gasteiger partial charge in [-0.1, -0.05) is 30.3 Å². The van der Waals surface area contributed by atoms with Crippen molar-refractivity contribution in [3.05, 3.63) is 66.1 Å². The molecule has 7 nitrogen and oxygen atoms in total. The van der Waals surface area contributed by atoms with Gasteiger partial charge in [0.2, 0.25) is 0 Å². The Balaban J connectivity index is 1.34. The van der Waals surface area contributed by atoms with E-state index in [1.807, 2.05) is 47.4 Å². The number of piperidine rings is 1. The van der Waals surface area contributed by atoms with E-state index in [0.29, 0.717) is 24.2 Å². The first kappa shape index (κ1) is 17.2. The molecular formula is C21H22N4O3. The fourth-order valence-corrected chi connectivity index (χ4v) is 4.67. The number of benzene rings is 1. The van der Waals surface area contributed by atoms with E-state index >= 15 is 0 Å². The summed E-state index contributed by atoms with van der Waals surface area (Å²) in [5.41, 5.74) is 1.32. The summed E-state index contributed by atoms with van der Waals surface area (Å²) < 4.78 is 7.25. The fraction of sp³-hybridized carbons (Fsp3) is 0.381. The summed E-state index contributed by atoms with van der Waals surface area (Å²) in [6, 6.07) is 13.3. The van der Waals surface area contributed by atoms with Crippen LogP contribution in [0.15, 0.2) is 54.9 Å². The second-order valence-corrected chi connectivity index (χ2v) is 7.71. The summed E-state index contributed by atoms with van der Waals surface area (Å²) in [5.74, 6) is 0. The Kier molecular flexibility index (Phi) is 4.05. The van der Waals surface area contributed by atoms with Gasteiger partial charge in [0.15, 0.2) is 5.65 Å². The minimum Gasteiger partial charge on any atom is -0.445 e. The standard InChI is InChI=1S/C21H22N4O3/c26-20(28-14-15-5-2-1-3-6-15)24-16-8-9-17(24)12-21(27,11-16)18-13-22-19-7-4-10-23-25(18)19/h1-7,10,13,16-17,27H,8-9,11-12,14H2. The third-order valence-electron chi connectivity index (χ3n) is 5.94. The number of hydrogen-bond acceptors (Lipinski definition) is 5. The molecular weight excluding hydrogens is 356 g/mol. The van der Waals surface area contributed by atoms with Crippen molar-refractivity contribution in [3.63, 3.8) is 0 Å². The molecule has 1 aromatic carbocycles. The van der Waals surface area contributed by atoms with Crippen molar-refractivity contribution in [1.29, 1.82) is 0 Å². The number of ether oxygens (including phenoxy) is 1. The molecule has 0 aliphatic carbocycles. The topological polar surface area (TPSA) is 80.0 Å². The van der Waals surface area contributed by atoms with E-state index in [2.05, 4.69) is 10.1 Å². The highest BCUT2D eigenvalue weighted by molar-refractivity contribution is 5.69. The van der Waals surface area contributed by atoms with Gasteiger partial charge in [-0.05, 0) is 30.5 Å². The van der Waals surface area contributed by atoms with Crippen LogP contribution in [0.4, 0.5) is 4.79 Å². The molecule has 0 saturated carbocycles. The van der Waals surface area contributed by atoms with Crippen LogP contribution in [0, 0.1) is 0 Å². The van der Waals surface area contributed by atoms with Crippen LogP contribution in [-0.4, -0.2) is 42.8 Å². The van der Waals surface area contributed by atoms with E-state index in [0.717, 1.165) is 18.4 Å². The molecule has 1 N–H and O–H groups in total. The molecule has 3 aromatic rings. The van der Waals surface area contributed by atoms with Crippen LogP contribution >= 0.6 is 0 Å². The molecule has 2 saturated heterocycles. The van der Waals surface area contributed by atoms with Gasteiger partial charge in [0.1, 0.15) is 12.2 Å². The minimum atomic E-state index is -1.05. The van der Waals surface area contributed by atoms with Gasteiger partial charge >= 0.3 is 6.09 Å². The summed E-state index contributed by atoms with van der Waals surface area (Å²) in [4.78, 5) is 18.9. The zero-order valence-electron chi connectivity index (χ0n) is 15.4. The maximum Gasteiger partial charge on any atom is 0.410 e. The van der Waals surface area contributed by atoms with E-state index in [1.165, 1.54) is 0 Å². The number of rotatable bonds is 3. The molecule has 2 aromatic heterocycles. The van der Waals surface area contributed by atoms with Crippen molar-refractivity contribution in [2.75, 3.05) is 0 Å². The number of aromatic nitrogens is 3. The van der Waals surface area contributed by atoms with Crippen LogP contribution in [0.25, 0.3) is 5.65 Å². The van der Waals surface area contributed by atoms with Crippen molar-refractivity contribution >= 4 is 11.7 Å². The number of nitrogens with zero attached hydrogens (tertiary/aromatic N) is 4. The Morgan fingerprint density at radius 3 is 2.64 bits per heavy atom. The minimum absolute atomic E-state index is 0.0405. The Labute approximate surface area is 162 Å². The highest BCUT2D eigenvalue weighted by atomic mass is 16.6. The van der Waals surface area contributed by atoms with Crippen molar-refractivity contribution in [1.82, 2.24) is 19.5 Å². The van der Waals surface area contributed by atoms with Gasteiger partial charge in [0.25, 0.3) is 0 Å². The van der Waals surface area contributed by atoms with Crippen LogP contribution < -0.4 is 0 Å². The van der Waals surface area contributed by atoms with Crippen LogP contribution in [0.2, 0.25) is 0 Å². The number of carbonyl (C=O) groups is 1. The fourth-order valence-electron chi connectivity index (χ4n) is 4.67. The Morgan fingerprint density at radius 1 is 1.14 bits per heavy atom. The van der Waals surface area contributed by atoms with Crippen molar-refractivity contribution in [2.45, 2.75) is 50.0 Å². The molecule has 144 valence electrons. The van der Waals surface area contributed by atoms with E-state index in [1.54, 1.807) is 16.9 Å². The summed E-state index contributed by atoms with van der Waals surface area (Å²) in [5, 5.41) is 15.8. The molecule has 2 aliphatic rings. The lowest BCUT2D eigenvalue weighted by Crippen LogP contribution is -2.52. The van der Waals surface area contributed by atoms with Gasteiger partial charge in [-0.15, -0.1) is 0 Å². The first-order chi connectivity index (χ1) is 13.6. The smallest absolute Gasteiger partial charge is 0.410 e. The molecule has 5 rings (SSSR count). The zero-order chi connectivity index (χ0) is 19.1. The highest BCUT2D eigenvalue weighted by Crippen LogP contribution is 2.45. The molecule has 2 bridgehead atoms. The van der Waals surface area contributed by atoms with Gasteiger partial charge in [-0.3, -0.25) is 0 Å². The highest BCUT2D eigenvalue weighted by Gasteiger charge is 2.51. The number of carbonyl (C=O) groups excluding carboxylic acids is 1. The molecule has 28 heavy (non-hydrogen) atoms. The normalized spacial score (nSPS) is 26.5.